The van der Waals surface area contributed by atoms with E-state index in [0.717, 1.165) is 17.6 Å². The van der Waals surface area contributed by atoms with E-state index >= 15 is 0 Å². The molecule has 0 aliphatic rings. The second-order valence-electron chi connectivity index (χ2n) is 4.57. The van der Waals surface area contributed by atoms with Crippen molar-refractivity contribution in [2.75, 3.05) is 73.9 Å². The van der Waals surface area contributed by atoms with Gasteiger partial charge in [0.2, 0.25) is 0 Å². The van der Waals surface area contributed by atoms with Gasteiger partial charge in [0, 0.05) is 0 Å². The molecule has 0 aromatic carbocycles. The van der Waals surface area contributed by atoms with Gasteiger partial charge in [0.25, 0.3) is 0 Å². The lowest BCUT2D eigenvalue weighted by atomic mass is 10.5. The van der Waals surface area contributed by atoms with Gasteiger partial charge in [0.15, 0.2) is 0 Å². The van der Waals surface area contributed by atoms with E-state index in [1.165, 1.54) is 0 Å². The van der Waals surface area contributed by atoms with Gasteiger partial charge in [-0.2, -0.15) is 0 Å². The Kier molecular flexibility index (Phi) is 14.3. The molecule has 0 rings (SSSR count). The fourth-order valence-electron chi connectivity index (χ4n) is 0.945. The highest BCUT2D eigenvalue weighted by atomic mass is 35.5. The van der Waals surface area contributed by atoms with Crippen molar-refractivity contribution in [1.82, 2.24) is 0 Å². The third-order valence-electron chi connectivity index (χ3n) is 1.89. The van der Waals surface area contributed by atoms with E-state index in [9.17, 15) is 0 Å². The molecule has 6 heteroatoms. The monoisotopic (exact) mass is 271 g/mol. The second kappa shape index (κ2) is 12.5. The zero-order valence-electron chi connectivity index (χ0n) is 11.2. The average molecular weight is 272 g/mol. The molecule has 106 valence electrons. The Bertz CT molecular complexity index is 153. The number of aliphatic hydroxyl groups excluding tert-OH is 1. The summed E-state index contributed by atoms with van der Waals surface area (Å²) in [6, 6.07) is 0. The van der Waals surface area contributed by atoms with Crippen LogP contribution in [-0.4, -0.2) is 83.5 Å². The Morgan fingerprint density at radius 2 is 1.18 bits per heavy atom. The van der Waals surface area contributed by atoms with E-state index in [4.69, 9.17) is 19.3 Å². The SMILES string of the molecule is C[N+](C)(C)CCOCCOCCOCCO.[Cl-]. The summed E-state index contributed by atoms with van der Waals surface area (Å²) in [5.41, 5.74) is 0. The number of quaternary nitrogens is 1. The Morgan fingerprint density at radius 1 is 0.765 bits per heavy atom. The summed E-state index contributed by atoms with van der Waals surface area (Å²) in [5, 5.41) is 8.44. The van der Waals surface area contributed by atoms with Gasteiger partial charge in [-0.15, -0.1) is 0 Å². The van der Waals surface area contributed by atoms with E-state index < -0.39 is 0 Å². The smallest absolute Gasteiger partial charge is 0.102 e. The molecule has 0 aromatic rings. The fraction of sp³-hybridized carbons (Fsp3) is 1.00. The van der Waals surface area contributed by atoms with Crippen molar-refractivity contribution < 1.29 is 36.2 Å². The van der Waals surface area contributed by atoms with Crippen molar-refractivity contribution in [3.05, 3.63) is 0 Å². The van der Waals surface area contributed by atoms with Crippen LogP contribution in [0.3, 0.4) is 0 Å². The summed E-state index contributed by atoms with van der Waals surface area (Å²) in [6.45, 7) is 4.50. The Morgan fingerprint density at radius 3 is 1.59 bits per heavy atom. The lowest BCUT2D eigenvalue weighted by Gasteiger charge is -2.23. The molecule has 0 amide bonds. The maximum atomic E-state index is 8.44. The van der Waals surface area contributed by atoms with Gasteiger partial charge in [0.05, 0.1) is 67.4 Å². The first-order valence-corrected chi connectivity index (χ1v) is 5.71. The number of hydrogen-bond acceptors (Lipinski definition) is 4. The molecular formula is C11H26ClNO4. The first kappa shape index (κ1) is 19.4. The number of nitrogens with zero attached hydrogens (tertiary/aromatic N) is 1. The molecule has 0 saturated heterocycles. The summed E-state index contributed by atoms with van der Waals surface area (Å²) in [4.78, 5) is 0. The van der Waals surface area contributed by atoms with Crippen molar-refractivity contribution in [2.24, 2.45) is 0 Å². The van der Waals surface area contributed by atoms with Crippen molar-refractivity contribution >= 4 is 0 Å². The molecule has 0 spiro atoms. The summed E-state index contributed by atoms with van der Waals surface area (Å²) in [6.07, 6.45) is 0. The predicted molar refractivity (Wildman–Crippen MR) is 62.4 cm³/mol. The van der Waals surface area contributed by atoms with Crippen LogP contribution in [0.5, 0.6) is 0 Å². The number of hydrogen-bond donors (Lipinski definition) is 1. The molecule has 0 aromatic heterocycles. The normalized spacial score (nSPS) is 11.3. The molecule has 0 fully saturated rings. The van der Waals surface area contributed by atoms with Crippen LogP contribution in [0.4, 0.5) is 0 Å². The third-order valence-corrected chi connectivity index (χ3v) is 1.89. The lowest BCUT2D eigenvalue weighted by molar-refractivity contribution is -0.870. The van der Waals surface area contributed by atoms with Gasteiger partial charge in [-0.05, 0) is 0 Å². The van der Waals surface area contributed by atoms with Crippen LogP contribution in [-0.2, 0) is 14.2 Å². The minimum Gasteiger partial charge on any atom is -1.00 e. The molecule has 1 N–H and O–H groups in total. The standard InChI is InChI=1S/C11H26NO4.ClH/c1-12(2,3)4-6-14-8-10-16-11-9-15-7-5-13;/h13H,4-11H2,1-3H3;1H/q+1;/p-1. The minimum absolute atomic E-state index is 0. The molecule has 0 bridgehead atoms. The molecule has 0 unspecified atom stereocenters. The summed E-state index contributed by atoms with van der Waals surface area (Å²) in [5.74, 6) is 0. The van der Waals surface area contributed by atoms with Gasteiger partial charge < -0.3 is 36.2 Å². The van der Waals surface area contributed by atoms with Crippen LogP contribution in [0.15, 0.2) is 0 Å². The quantitative estimate of drug-likeness (QED) is 0.317. The zero-order chi connectivity index (χ0) is 12.3. The van der Waals surface area contributed by atoms with Crippen molar-refractivity contribution in [1.29, 1.82) is 0 Å². The largest absolute Gasteiger partial charge is 1.00 e. The van der Waals surface area contributed by atoms with Crippen LogP contribution < -0.4 is 12.4 Å². The highest BCUT2D eigenvalue weighted by molar-refractivity contribution is 4.34. The number of aliphatic hydroxyl groups is 1. The number of ether oxygens (including phenoxy) is 3. The Balaban J connectivity index is 0. The first-order chi connectivity index (χ1) is 7.56. The number of rotatable bonds is 11. The molecule has 0 heterocycles. The van der Waals surface area contributed by atoms with E-state index in [-0.39, 0.29) is 19.0 Å². The van der Waals surface area contributed by atoms with E-state index in [2.05, 4.69) is 21.1 Å². The average Bonchev–Trinajstić information content (AvgIpc) is 2.19. The topological polar surface area (TPSA) is 47.9 Å². The molecule has 0 aliphatic carbocycles. The summed E-state index contributed by atoms with van der Waals surface area (Å²) >= 11 is 0. The van der Waals surface area contributed by atoms with Gasteiger partial charge in [-0.25, -0.2) is 0 Å². The van der Waals surface area contributed by atoms with E-state index in [1.807, 2.05) is 0 Å². The first-order valence-electron chi connectivity index (χ1n) is 5.71. The Labute approximate surface area is 111 Å². The van der Waals surface area contributed by atoms with Crippen molar-refractivity contribution in [3.63, 3.8) is 0 Å². The van der Waals surface area contributed by atoms with E-state index in [0.29, 0.717) is 33.0 Å². The summed E-state index contributed by atoms with van der Waals surface area (Å²) in [7, 11) is 6.41. The van der Waals surface area contributed by atoms with Crippen molar-refractivity contribution in [3.8, 4) is 0 Å². The van der Waals surface area contributed by atoms with Crippen molar-refractivity contribution in [2.45, 2.75) is 0 Å². The molecule has 5 nitrogen and oxygen atoms in total. The predicted octanol–water partition coefficient (Wildman–Crippen LogP) is -3.26. The van der Waals surface area contributed by atoms with E-state index in [1.54, 1.807) is 0 Å². The zero-order valence-corrected chi connectivity index (χ0v) is 11.9. The molecular weight excluding hydrogens is 246 g/mol. The van der Waals surface area contributed by atoms with Crippen LogP contribution >= 0.6 is 0 Å². The maximum Gasteiger partial charge on any atom is 0.102 e. The lowest BCUT2D eigenvalue weighted by Crippen LogP contribution is -3.00. The van der Waals surface area contributed by atoms with Gasteiger partial charge in [0.1, 0.15) is 6.54 Å². The van der Waals surface area contributed by atoms with Gasteiger partial charge in [-0.1, -0.05) is 0 Å². The van der Waals surface area contributed by atoms with Gasteiger partial charge in [-0.3, -0.25) is 0 Å². The summed E-state index contributed by atoms with van der Waals surface area (Å²) < 4.78 is 16.6. The van der Waals surface area contributed by atoms with Crippen LogP contribution in [0.2, 0.25) is 0 Å². The maximum absolute atomic E-state index is 8.44. The highest BCUT2D eigenvalue weighted by Gasteiger charge is 2.05. The molecule has 0 radical (unpaired) electrons. The number of halogens is 1. The van der Waals surface area contributed by atoms with Crippen LogP contribution in [0.1, 0.15) is 0 Å². The number of likely N-dealkylation sites (N-methyl/N-ethyl adjacent to an activating group) is 1. The third kappa shape index (κ3) is 18.6. The molecule has 0 atom stereocenters. The van der Waals surface area contributed by atoms with Crippen LogP contribution in [0, 0.1) is 0 Å². The molecule has 0 aliphatic heterocycles. The second-order valence-corrected chi connectivity index (χ2v) is 4.57. The minimum atomic E-state index is 0. The Hall–Kier alpha value is 0.0900. The van der Waals surface area contributed by atoms with Crippen LogP contribution in [0.25, 0.3) is 0 Å². The molecule has 17 heavy (non-hydrogen) atoms. The fourth-order valence-corrected chi connectivity index (χ4v) is 0.945. The molecule has 0 saturated carbocycles. The van der Waals surface area contributed by atoms with Gasteiger partial charge >= 0.3 is 0 Å². The highest BCUT2D eigenvalue weighted by Crippen LogP contribution is 1.89.